The molecule has 0 aliphatic heterocycles. The van der Waals surface area contributed by atoms with Crippen molar-refractivity contribution in [2.75, 3.05) is 0 Å². The van der Waals surface area contributed by atoms with Crippen LogP contribution in [0.25, 0.3) is 0 Å². The summed E-state index contributed by atoms with van der Waals surface area (Å²) in [6, 6.07) is 14.5. The normalized spacial score (nSPS) is 13.3. The van der Waals surface area contributed by atoms with Gasteiger partial charge in [0, 0.05) is 0 Å². The van der Waals surface area contributed by atoms with Gasteiger partial charge in [0.25, 0.3) is 0 Å². The third-order valence-corrected chi connectivity index (χ3v) is 3.65. The van der Waals surface area contributed by atoms with Crippen LogP contribution in [0.15, 0.2) is 42.5 Å². The Kier molecular flexibility index (Phi) is 4.01. The van der Waals surface area contributed by atoms with Crippen LogP contribution in [-0.2, 0) is 5.41 Å². The average Bonchev–Trinajstić information content (AvgIpc) is 2.36. The van der Waals surface area contributed by atoms with Crippen LogP contribution in [0.4, 0.5) is 0 Å². The van der Waals surface area contributed by atoms with Crippen LogP contribution in [0.2, 0.25) is 0 Å². The maximum absolute atomic E-state index is 10.5. The van der Waals surface area contributed by atoms with Gasteiger partial charge < -0.3 is 5.11 Å². The van der Waals surface area contributed by atoms with Crippen molar-refractivity contribution in [3.8, 4) is 0 Å². The van der Waals surface area contributed by atoms with E-state index in [4.69, 9.17) is 0 Å². The quantitative estimate of drug-likeness (QED) is 0.838. The highest BCUT2D eigenvalue weighted by molar-refractivity contribution is 5.37. The SMILES string of the molecule is Cc1cc(C)cc(C(O)c2ccc(C(C)(C)C)cc2)c1. The molecule has 1 atom stereocenters. The fourth-order valence-electron chi connectivity index (χ4n) is 2.53. The number of aliphatic hydroxyl groups excluding tert-OH is 1. The molecule has 0 bridgehead atoms. The molecule has 0 amide bonds. The molecule has 0 radical (unpaired) electrons. The van der Waals surface area contributed by atoms with Gasteiger partial charge in [0.1, 0.15) is 6.10 Å². The van der Waals surface area contributed by atoms with Crippen LogP contribution in [0.3, 0.4) is 0 Å². The zero-order valence-electron chi connectivity index (χ0n) is 13.1. The zero-order valence-corrected chi connectivity index (χ0v) is 13.1. The van der Waals surface area contributed by atoms with E-state index in [-0.39, 0.29) is 5.41 Å². The first kappa shape index (κ1) is 14.8. The average molecular weight is 268 g/mol. The largest absolute Gasteiger partial charge is 0.384 e. The minimum atomic E-state index is -0.553. The molecular formula is C19H24O. The Morgan fingerprint density at radius 1 is 0.800 bits per heavy atom. The molecule has 2 aromatic rings. The van der Waals surface area contributed by atoms with E-state index in [0.717, 1.165) is 11.1 Å². The predicted octanol–water partition coefficient (Wildman–Crippen LogP) is 4.68. The Labute approximate surface area is 122 Å². The van der Waals surface area contributed by atoms with Crippen LogP contribution in [0.1, 0.15) is 54.7 Å². The number of hydrogen-bond donors (Lipinski definition) is 1. The van der Waals surface area contributed by atoms with Gasteiger partial charge in [-0.2, -0.15) is 0 Å². The molecule has 0 fully saturated rings. The lowest BCUT2D eigenvalue weighted by molar-refractivity contribution is 0.220. The number of aryl methyl sites for hydroxylation is 2. The molecule has 0 saturated heterocycles. The molecule has 2 aromatic carbocycles. The fourth-order valence-corrected chi connectivity index (χ4v) is 2.53. The van der Waals surface area contributed by atoms with Gasteiger partial charge in [-0.05, 0) is 36.0 Å². The summed E-state index contributed by atoms with van der Waals surface area (Å²) in [4.78, 5) is 0. The maximum Gasteiger partial charge on any atom is 0.104 e. The van der Waals surface area contributed by atoms with Crippen molar-refractivity contribution >= 4 is 0 Å². The second-order valence-electron chi connectivity index (χ2n) is 6.70. The summed E-state index contributed by atoms with van der Waals surface area (Å²) in [6.07, 6.45) is -0.553. The second kappa shape index (κ2) is 5.41. The lowest BCUT2D eigenvalue weighted by Crippen LogP contribution is -2.11. The molecule has 1 unspecified atom stereocenters. The molecule has 106 valence electrons. The summed E-state index contributed by atoms with van der Waals surface area (Å²) >= 11 is 0. The zero-order chi connectivity index (χ0) is 14.9. The Morgan fingerprint density at radius 2 is 1.30 bits per heavy atom. The monoisotopic (exact) mass is 268 g/mol. The van der Waals surface area contributed by atoms with Crippen molar-refractivity contribution in [2.45, 2.75) is 46.1 Å². The third kappa shape index (κ3) is 3.29. The molecular weight excluding hydrogens is 244 g/mol. The molecule has 0 heterocycles. The number of hydrogen-bond acceptors (Lipinski definition) is 1. The van der Waals surface area contributed by atoms with Crippen molar-refractivity contribution in [2.24, 2.45) is 0 Å². The molecule has 1 N–H and O–H groups in total. The standard InChI is InChI=1S/C19H24O/c1-13-10-14(2)12-16(11-13)18(20)15-6-8-17(9-7-15)19(3,4)5/h6-12,18,20H,1-5H3. The highest BCUT2D eigenvalue weighted by Gasteiger charge is 2.15. The van der Waals surface area contributed by atoms with Gasteiger partial charge in [-0.3, -0.25) is 0 Å². The van der Waals surface area contributed by atoms with E-state index >= 15 is 0 Å². The summed E-state index contributed by atoms with van der Waals surface area (Å²) in [5, 5.41) is 10.5. The highest BCUT2D eigenvalue weighted by Crippen LogP contribution is 2.27. The van der Waals surface area contributed by atoms with E-state index < -0.39 is 6.10 Å². The van der Waals surface area contributed by atoms with Gasteiger partial charge in [-0.25, -0.2) is 0 Å². The lowest BCUT2D eigenvalue weighted by atomic mass is 9.86. The number of benzene rings is 2. The Bertz CT molecular complexity index is 568. The molecule has 0 saturated carbocycles. The van der Waals surface area contributed by atoms with Gasteiger partial charge in [0.15, 0.2) is 0 Å². The molecule has 0 aliphatic rings. The second-order valence-corrected chi connectivity index (χ2v) is 6.70. The van der Waals surface area contributed by atoms with E-state index in [0.29, 0.717) is 0 Å². The third-order valence-electron chi connectivity index (χ3n) is 3.65. The Morgan fingerprint density at radius 3 is 1.75 bits per heavy atom. The van der Waals surface area contributed by atoms with Crippen molar-refractivity contribution in [3.63, 3.8) is 0 Å². The highest BCUT2D eigenvalue weighted by atomic mass is 16.3. The van der Waals surface area contributed by atoms with Gasteiger partial charge >= 0.3 is 0 Å². The van der Waals surface area contributed by atoms with Gasteiger partial charge in [-0.15, -0.1) is 0 Å². The van der Waals surface area contributed by atoms with Gasteiger partial charge in [-0.1, -0.05) is 74.4 Å². The maximum atomic E-state index is 10.5. The van der Waals surface area contributed by atoms with E-state index in [2.05, 4.69) is 65.0 Å². The van der Waals surface area contributed by atoms with Crippen LogP contribution in [0, 0.1) is 13.8 Å². The number of aliphatic hydroxyl groups is 1. The van der Waals surface area contributed by atoms with E-state index in [9.17, 15) is 5.11 Å². The minimum absolute atomic E-state index is 0.142. The molecule has 0 aromatic heterocycles. The van der Waals surface area contributed by atoms with Crippen LogP contribution in [0.5, 0.6) is 0 Å². The minimum Gasteiger partial charge on any atom is -0.384 e. The predicted molar refractivity (Wildman–Crippen MR) is 85.1 cm³/mol. The van der Waals surface area contributed by atoms with Crippen LogP contribution >= 0.6 is 0 Å². The lowest BCUT2D eigenvalue weighted by Gasteiger charge is -2.20. The molecule has 20 heavy (non-hydrogen) atoms. The summed E-state index contributed by atoms with van der Waals surface area (Å²) in [5.74, 6) is 0. The van der Waals surface area contributed by atoms with Gasteiger partial charge in [0.2, 0.25) is 0 Å². The molecule has 1 nitrogen and oxygen atoms in total. The summed E-state index contributed by atoms with van der Waals surface area (Å²) in [6.45, 7) is 10.7. The summed E-state index contributed by atoms with van der Waals surface area (Å²) in [5.41, 5.74) is 5.71. The van der Waals surface area contributed by atoms with Crippen molar-refractivity contribution < 1.29 is 5.11 Å². The molecule has 0 spiro atoms. The van der Waals surface area contributed by atoms with Crippen molar-refractivity contribution in [1.29, 1.82) is 0 Å². The van der Waals surface area contributed by atoms with E-state index in [1.165, 1.54) is 16.7 Å². The van der Waals surface area contributed by atoms with Crippen LogP contribution in [-0.4, -0.2) is 5.11 Å². The first-order valence-electron chi connectivity index (χ1n) is 7.14. The summed E-state index contributed by atoms with van der Waals surface area (Å²) in [7, 11) is 0. The molecule has 1 heteroatoms. The van der Waals surface area contributed by atoms with Crippen molar-refractivity contribution in [1.82, 2.24) is 0 Å². The smallest absolute Gasteiger partial charge is 0.104 e. The fraction of sp³-hybridized carbons (Fsp3) is 0.368. The molecule has 0 aliphatic carbocycles. The van der Waals surface area contributed by atoms with Crippen molar-refractivity contribution in [3.05, 3.63) is 70.3 Å². The Hall–Kier alpha value is -1.60. The van der Waals surface area contributed by atoms with E-state index in [1.807, 2.05) is 12.1 Å². The van der Waals surface area contributed by atoms with Crippen LogP contribution < -0.4 is 0 Å². The van der Waals surface area contributed by atoms with E-state index in [1.54, 1.807) is 0 Å². The topological polar surface area (TPSA) is 20.2 Å². The Balaban J connectivity index is 2.31. The molecule has 2 rings (SSSR count). The van der Waals surface area contributed by atoms with Gasteiger partial charge in [0.05, 0.1) is 0 Å². The number of rotatable bonds is 2. The summed E-state index contributed by atoms with van der Waals surface area (Å²) < 4.78 is 0. The first-order valence-corrected chi connectivity index (χ1v) is 7.14. The first-order chi connectivity index (χ1) is 9.27.